The summed E-state index contributed by atoms with van der Waals surface area (Å²) in [5, 5.41) is 0. The zero-order valence-corrected chi connectivity index (χ0v) is 16.7. The average molecular weight is 373 g/mol. The summed E-state index contributed by atoms with van der Waals surface area (Å²) in [4.78, 5) is 31.1. The van der Waals surface area contributed by atoms with Crippen LogP contribution in [0.1, 0.15) is 39.2 Å². The maximum Gasteiger partial charge on any atom is 0.410 e. The number of benzene rings is 1. The van der Waals surface area contributed by atoms with E-state index in [2.05, 4.69) is 11.0 Å². The highest BCUT2D eigenvalue weighted by Gasteiger charge is 2.27. The molecule has 0 unspecified atom stereocenters. The summed E-state index contributed by atoms with van der Waals surface area (Å²) in [5.74, 6) is 0.146. The Balaban J connectivity index is 1.56. The van der Waals surface area contributed by atoms with Crippen LogP contribution in [0.5, 0.6) is 0 Å². The van der Waals surface area contributed by atoms with E-state index in [0.29, 0.717) is 26.2 Å². The van der Waals surface area contributed by atoms with Crippen LogP contribution in [0.4, 0.5) is 10.5 Å². The fourth-order valence-corrected chi connectivity index (χ4v) is 3.71. The Morgan fingerprint density at radius 1 is 1.00 bits per heavy atom. The molecular weight excluding hydrogens is 342 g/mol. The second-order valence-electron chi connectivity index (χ2n) is 8.37. The normalized spacial score (nSPS) is 18.6. The van der Waals surface area contributed by atoms with Gasteiger partial charge in [0.2, 0.25) is 5.91 Å². The molecule has 3 rings (SSSR count). The van der Waals surface area contributed by atoms with Gasteiger partial charge in [0.15, 0.2) is 0 Å². The summed E-state index contributed by atoms with van der Waals surface area (Å²) in [6.45, 7) is 9.61. The molecule has 1 aromatic carbocycles. The summed E-state index contributed by atoms with van der Waals surface area (Å²) < 4.78 is 5.48. The fraction of sp³-hybridized carbons (Fsp3) is 0.619. The first kappa shape index (κ1) is 19.7. The van der Waals surface area contributed by atoms with Gasteiger partial charge in [-0.2, -0.15) is 0 Å². The predicted molar refractivity (Wildman–Crippen MR) is 106 cm³/mol. The Morgan fingerprint density at radius 2 is 1.78 bits per heavy atom. The fourth-order valence-electron chi connectivity index (χ4n) is 3.71. The van der Waals surface area contributed by atoms with E-state index in [4.69, 9.17) is 4.74 Å². The molecule has 2 aliphatic heterocycles. The molecule has 0 bridgehead atoms. The van der Waals surface area contributed by atoms with Crippen molar-refractivity contribution in [1.82, 2.24) is 9.80 Å². The second kappa shape index (κ2) is 8.30. The van der Waals surface area contributed by atoms with Gasteiger partial charge in [-0.3, -0.25) is 9.69 Å². The van der Waals surface area contributed by atoms with E-state index in [1.807, 2.05) is 43.9 Å². The molecule has 6 nitrogen and oxygen atoms in total. The zero-order chi connectivity index (χ0) is 19.4. The number of amides is 2. The first-order chi connectivity index (χ1) is 12.8. The minimum atomic E-state index is -0.485. The van der Waals surface area contributed by atoms with Crippen LogP contribution in [0.15, 0.2) is 24.3 Å². The summed E-state index contributed by atoms with van der Waals surface area (Å²) in [6, 6.07) is 8.18. The topological polar surface area (TPSA) is 53.1 Å². The molecule has 1 fully saturated rings. The Morgan fingerprint density at radius 3 is 2.56 bits per heavy atom. The minimum absolute atomic E-state index is 0.146. The van der Waals surface area contributed by atoms with Gasteiger partial charge >= 0.3 is 6.09 Å². The number of hydrogen-bond acceptors (Lipinski definition) is 4. The first-order valence-corrected chi connectivity index (χ1v) is 9.92. The SMILES string of the molecule is CC(C)(C)OC(=O)N1CCCN(CC(=O)N2CCCc3ccccc32)CC1. The van der Waals surface area contributed by atoms with Gasteiger partial charge in [0, 0.05) is 38.4 Å². The van der Waals surface area contributed by atoms with E-state index in [9.17, 15) is 9.59 Å². The molecule has 1 saturated heterocycles. The number of aryl methyl sites for hydroxylation is 1. The van der Waals surface area contributed by atoms with Crippen molar-refractivity contribution < 1.29 is 14.3 Å². The Labute approximate surface area is 162 Å². The van der Waals surface area contributed by atoms with Crippen molar-refractivity contribution in [3.63, 3.8) is 0 Å². The Hall–Kier alpha value is -2.08. The van der Waals surface area contributed by atoms with E-state index in [0.717, 1.165) is 38.0 Å². The summed E-state index contributed by atoms with van der Waals surface area (Å²) >= 11 is 0. The average Bonchev–Trinajstić information content (AvgIpc) is 2.85. The molecule has 148 valence electrons. The molecule has 0 aromatic heterocycles. The predicted octanol–water partition coefficient (Wildman–Crippen LogP) is 2.91. The van der Waals surface area contributed by atoms with Crippen LogP contribution in [0.3, 0.4) is 0 Å². The van der Waals surface area contributed by atoms with Crippen LogP contribution < -0.4 is 4.90 Å². The monoisotopic (exact) mass is 373 g/mol. The van der Waals surface area contributed by atoms with Gasteiger partial charge < -0.3 is 14.5 Å². The van der Waals surface area contributed by atoms with Gasteiger partial charge in [0.1, 0.15) is 5.60 Å². The number of para-hydroxylation sites is 1. The highest BCUT2D eigenvalue weighted by Crippen LogP contribution is 2.26. The minimum Gasteiger partial charge on any atom is -0.444 e. The van der Waals surface area contributed by atoms with E-state index >= 15 is 0 Å². The van der Waals surface area contributed by atoms with Crippen LogP contribution in [-0.2, 0) is 16.0 Å². The number of anilines is 1. The molecule has 1 aromatic rings. The van der Waals surface area contributed by atoms with Crippen molar-refractivity contribution in [2.75, 3.05) is 44.2 Å². The quantitative estimate of drug-likeness (QED) is 0.800. The van der Waals surface area contributed by atoms with Crippen molar-refractivity contribution in [3.8, 4) is 0 Å². The van der Waals surface area contributed by atoms with E-state index in [1.54, 1.807) is 4.90 Å². The van der Waals surface area contributed by atoms with E-state index < -0.39 is 5.60 Å². The van der Waals surface area contributed by atoms with Gasteiger partial charge in [-0.1, -0.05) is 18.2 Å². The third-order valence-electron chi connectivity index (χ3n) is 5.01. The third kappa shape index (κ3) is 5.22. The zero-order valence-electron chi connectivity index (χ0n) is 16.7. The molecule has 0 spiro atoms. The third-order valence-corrected chi connectivity index (χ3v) is 5.01. The van der Waals surface area contributed by atoms with Crippen molar-refractivity contribution in [2.45, 2.75) is 45.6 Å². The van der Waals surface area contributed by atoms with Crippen LogP contribution in [0.25, 0.3) is 0 Å². The molecule has 6 heteroatoms. The second-order valence-corrected chi connectivity index (χ2v) is 8.37. The van der Waals surface area contributed by atoms with Crippen LogP contribution >= 0.6 is 0 Å². The number of rotatable bonds is 2. The molecule has 0 saturated carbocycles. The first-order valence-electron chi connectivity index (χ1n) is 9.92. The van der Waals surface area contributed by atoms with Gasteiger partial charge in [-0.15, -0.1) is 0 Å². The van der Waals surface area contributed by atoms with Gasteiger partial charge in [0.05, 0.1) is 6.54 Å². The van der Waals surface area contributed by atoms with Gasteiger partial charge in [-0.25, -0.2) is 4.79 Å². The maximum absolute atomic E-state index is 12.9. The largest absolute Gasteiger partial charge is 0.444 e. The number of ether oxygens (including phenoxy) is 1. The number of hydrogen-bond donors (Lipinski definition) is 0. The van der Waals surface area contributed by atoms with Crippen LogP contribution in [-0.4, -0.2) is 66.7 Å². The van der Waals surface area contributed by atoms with Gasteiger partial charge in [-0.05, 0) is 51.7 Å². The lowest BCUT2D eigenvalue weighted by Crippen LogP contribution is -2.44. The summed E-state index contributed by atoms with van der Waals surface area (Å²) in [5.41, 5.74) is 1.82. The highest BCUT2D eigenvalue weighted by atomic mass is 16.6. The van der Waals surface area contributed by atoms with E-state index in [-0.39, 0.29) is 12.0 Å². The smallest absolute Gasteiger partial charge is 0.410 e. The molecule has 2 aliphatic rings. The van der Waals surface area contributed by atoms with Crippen LogP contribution in [0, 0.1) is 0 Å². The highest BCUT2D eigenvalue weighted by molar-refractivity contribution is 5.95. The molecular formula is C21H31N3O3. The number of nitrogens with zero attached hydrogens (tertiary/aromatic N) is 3. The van der Waals surface area contributed by atoms with Crippen LogP contribution in [0.2, 0.25) is 0 Å². The molecule has 0 aliphatic carbocycles. The molecule has 0 atom stereocenters. The number of fused-ring (bicyclic) bond motifs is 1. The van der Waals surface area contributed by atoms with Crippen molar-refractivity contribution in [1.29, 1.82) is 0 Å². The lowest BCUT2D eigenvalue weighted by atomic mass is 10.0. The molecule has 2 amide bonds. The van der Waals surface area contributed by atoms with Crippen molar-refractivity contribution >= 4 is 17.7 Å². The van der Waals surface area contributed by atoms with E-state index in [1.165, 1.54) is 5.56 Å². The van der Waals surface area contributed by atoms with Gasteiger partial charge in [0.25, 0.3) is 0 Å². The van der Waals surface area contributed by atoms with Crippen molar-refractivity contribution in [2.24, 2.45) is 0 Å². The lowest BCUT2D eigenvalue weighted by molar-refractivity contribution is -0.119. The number of carbonyl (C=O) groups is 2. The Kier molecular flexibility index (Phi) is 6.05. The Bertz CT molecular complexity index is 683. The maximum atomic E-state index is 12.9. The molecule has 2 heterocycles. The summed E-state index contributed by atoms with van der Waals surface area (Å²) in [6.07, 6.45) is 2.63. The number of carbonyl (C=O) groups excluding carboxylic acids is 2. The van der Waals surface area contributed by atoms with Crippen molar-refractivity contribution in [3.05, 3.63) is 29.8 Å². The molecule has 0 radical (unpaired) electrons. The summed E-state index contributed by atoms with van der Waals surface area (Å²) in [7, 11) is 0. The molecule has 27 heavy (non-hydrogen) atoms. The molecule has 0 N–H and O–H groups in total. The standard InChI is InChI=1S/C21H31N3O3/c1-21(2,3)27-20(26)23-12-7-11-22(14-15-23)16-19(25)24-13-6-9-17-8-4-5-10-18(17)24/h4-5,8,10H,6-7,9,11-16H2,1-3H3. The lowest BCUT2D eigenvalue weighted by Gasteiger charge is -2.31.